The Hall–Kier alpha value is -1.62. The van der Waals surface area contributed by atoms with Crippen molar-refractivity contribution in [1.82, 2.24) is 4.31 Å². The normalized spacial score (nSPS) is 21.5. The molecule has 11 heteroatoms. The Morgan fingerprint density at radius 2 is 1.62 bits per heavy atom. The molecule has 0 fully saturated rings. The molecule has 0 unspecified atom stereocenters. The smallest absolute Gasteiger partial charge is 0.414 e. The summed E-state index contributed by atoms with van der Waals surface area (Å²) in [5.74, 6) is -4.54. The predicted molar refractivity (Wildman–Crippen MR) is 76.2 cm³/mol. The number of halogens is 3. The van der Waals surface area contributed by atoms with Crippen LogP contribution in [0.1, 0.15) is 13.8 Å². The lowest BCUT2D eigenvalue weighted by atomic mass is 9.76. The van der Waals surface area contributed by atoms with Crippen LogP contribution >= 0.6 is 0 Å². The Morgan fingerprint density at radius 1 is 1.12 bits per heavy atom. The van der Waals surface area contributed by atoms with Gasteiger partial charge in [0.25, 0.3) is 0 Å². The molecule has 1 rings (SSSR count). The number of carbonyl (C=O) groups is 2. The molecule has 0 N–H and O–H groups in total. The van der Waals surface area contributed by atoms with Gasteiger partial charge in [0, 0.05) is 13.1 Å². The fourth-order valence-electron chi connectivity index (χ4n) is 2.64. The quantitative estimate of drug-likeness (QED) is 0.642. The molecule has 0 amide bonds. The summed E-state index contributed by atoms with van der Waals surface area (Å²) in [5, 5.41) is -2.24. The zero-order valence-corrected chi connectivity index (χ0v) is 14.3. The molecular formula is C13H18F3NO6S. The van der Waals surface area contributed by atoms with E-state index in [0.29, 0.717) is 0 Å². The monoisotopic (exact) mass is 373 g/mol. The number of nitrogens with zero attached hydrogens (tertiary/aromatic N) is 1. The van der Waals surface area contributed by atoms with Gasteiger partial charge >= 0.3 is 18.1 Å². The SMILES string of the molecule is CCN(CC)S(=O)(=O)[C@@H]1C(C(F)(F)F)=C(C(=O)OC)[C@H]1C(=O)OC. The fraction of sp³-hybridized carbons (Fsp3) is 0.692. The van der Waals surface area contributed by atoms with Crippen molar-refractivity contribution in [3.05, 3.63) is 11.1 Å². The van der Waals surface area contributed by atoms with Crippen LogP contribution in [0.15, 0.2) is 11.1 Å². The van der Waals surface area contributed by atoms with E-state index >= 15 is 0 Å². The molecule has 1 aliphatic rings. The predicted octanol–water partition coefficient (Wildman–Crippen LogP) is 0.861. The first-order valence-corrected chi connectivity index (χ1v) is 8.45. The number of rotatable bonds is 6. The van der Waals surface area contributed by atoms with Crippen LogP contribution in [-0.2, 0) is 29.1 Å². The zero-order valence-electron chi connectivity index (χ0n) is 13.5. The van der Waals surface area contributed by atoms with E-state index in [0.717, 1.165) is 18.5 Å². The van der Waals surface area contributed by atoms with Gasteiger partial charge in [-0.1, -0.05) is 13.8 Å². The van der Waals surface area contributed by atoms with Crippen molar-refractivity contribution >= 4 is 22.0 Å². The van der Waals surface area contributed by atoms with E-state index in [1.54, 1.807) is 0 Å². The number of hydrogen-bond acceptors (Lipinski definition) is 6. The Labute approximate surface area is 137 Å². The van der Waals surface area contributed by atoms with Gasteiger partial charge in [-0.15, -0.1) is 0 Å². The topological polar surface area (TPSA) is 90.0 Å². The van der Waals surface area contributed by atoms with Crippen LogP contribution in [0, 0.1) is 5.92 Å². The highest BCUT2D eigenvalue weighted by atomic mass is 32.2. The van der Waals surface area contributed by atoms with Crippen molar-refractivity contribution in [3.8, 4) is 0 Å². The molecule has 0 aromatic heterocycles. The van der Waals surface area contributed by atoms with Crippen molar-refractivity contribution in [3.63, 3.8) is 0 Å². The average molecular weight is 373 g/mol. The van der Waals surface area contributed by atoms with Crippen LogP contribution in [0.2, 0.25) is 0 Å². The molecule has 0 aromatic carbocycles. The summed E-state index contributed by atoms with van der Waals surface area (Å²) in [4.78, 5) is 23.5. The van der Waals surface area contributed by atoms with Crippen LogP contribution in [0.3, 0.4) is 0 Å². The lowest BCUT2D eigenvalue weighted by Gasteiger charge is -2.40. The highest BCUT2D eigenvalue weighted by molar-refractivity contribution is 7.90. The first-order valence-electron chi connectivity index (χ1n) is 6.95. The second kappa shape index (κ2) is 7.09. The maximum Gasteiger partial charge on any atom is 0.414 e. The molecule has 24 heavy (non-hydrogen) atoms. The minimum Gasteiger partial charge on any atom is -0.469 e. The summed E-state index contributed by atoms with van der Waals surface area (Å²) in [6, 6.07) is 0. The summed E-state index contributed by atoms with van der Waals surface area (Å²) in [6.07, 6.45) is -5.11. The van der Waals surface area contributed by atoms with E-state index in [2.05, 4.69) is 9.47 Å². The molecule has 0 saturated carbocycles. The Bertz CT molecular complexity index is 651. The first kappa shape index (κ1) is 20.4. The number of hydrogen-bond donors (Lipinski definition) is 0. The van der Waals surface area contributed by atoms with Gasteiger partial charge in [0.1, 0.15) is 11.2 Å². The van der Waals surface area contributed by atoms with Crippen molar-refractivity contribution in [2.45, 2.75) is 25.3 Å². The third kappa shape index (κ3) is 3.27. The molecular weight excluding hydrogens is 355 g/mol. The summed E-state index contributed by atoms with van der Waals surface area (Å²) in [5.41, 5.74) is -2.62. The van der Waals surface area contributed by atoms with Crippen molar-refractivity contribution < 1.29 is 40.7 Å². The molecule has 0 spiro atoms. The molecule has 2 atom stereocenters. The zero-order chi connectivity index (χ0) is 18.9. The number of alkyl halides is 3. The second-order valence-electron chi connectivity index (χ2n) is 4.87. The van der Waals surface area contributed by atoms with E-state index in [-0.39, 0.29) is 13.1 Å². The molecule has 7 nitrogen and oxygen atoms in total. The second-order valence-corrected chi connectivity index (χ2v) is 6.92. The van der Waals surface area contributed by atoms with E-state index < -0.39 is 50.5 Å². The minimum absolute atomic E-state index is 0.0814. The first-order chi connectivity index (χ1) is 11.0. The van der Waals surface area contributed by atoms with Crippen molar-refractivity contribution in [2.24, 2.45) is 5.92 Å². The molecule has 1 aliphatic carbocycles. The van der Waals surface area contributed by atoms with Crippen LogP contribution < -0.4 is 0 Å². The molecule has 0 bridgehead atoms. The molecule has 0 aliphatic heterocycles. The third-order valence-corrected chi connectivity index (χ3v) is 6.13. The number of esters is 2. The fourth-order valence-corrected chi connectivity index (χ4v) is 4.83. The number of sulfonamides is 1. The minimum atomic E-state index is -5.11. The van der Waals surface area contributed by atoms with E-state index in [1.165, 1.54) is 13.8 Å². The third-order valence-electron chi connectivity index (χ3n) is 3.74. The number of methoxy groups -OCH3 is 2. The maximum absolute atomic E-state index is 13.3. The Kier molecular flexibility index (Phi) is 6.04. The molecule has 0 aromatic rings. The van der Waals surface area contributed by atoms with E-state index in [4.69, 9.17) is 0 Å². The lowest BCUT2D eigenvalue weighted by Crippen LogP contribution is -2.56. The van der Waals surface area contributed by atoms with E-state index in [1.807, 2.05) is 0 Å². The Morgan fingerprint density at radius 3 is 1.96 bits per heavy atom. The highest BCUT2D eigenvalue weighted by Crippen LogP contribution is 2.49. The summed E-state index contributed by atoms with van der Waals surface area (Å²) < 4.78 is 74.6. The lowest BCUT2D eigenvalue weighted by molar-refractivity contribution is -0.152. The summed E-state index contributed by atoms with van der Waals surface area (Å²) in [6.45, 7) is 2.74. The number of carbonyl (C=O) groups excluding carboxylic acids is 2. The van der Waals surface area contributed by atoms with Gasteiger partial charge in [-0.05, 0) is 0 Å². The van der Waals surface area contributed by atoms with Gasteiger partial charge < -0.3 is 9.47 Å². The van der Waals surface area contributed by atoms with Crippen molar-refractivity contribution in [2.75, 3.05) is 27.3 Å². The van der Waals surface area contributed by atoms with Crippen LogP contribution in [0.4, 0.5) is 13.2 Å². The average Bonchev–Trinajstić information content (AvgIpc) is 2.44. The maximum atomic E-state index is 13.3. The highest BCUT2D eigenvalue weighted by Gasteiger charge is 2.64. The Balaban J connectivity index is 3.64. The van der Waals surface area contributed by atoms with Crippen molar-refractivity contribution in [1.29, 1.82) is 0 Å². The summed E-state index contributed by atoms with van der Waals surface area (Å²) in [7, 11) is -2.80. The molecule has 0 saturated heterocycles. The molecule has 0 heterocycles. The van der Waals surface area contributed by atoms with Gasteiger partial charge in [0.2, 0.25) is 10.0 Å². The molecule has 138 valence electrons. The van der Waals surface area contributed by atoms with Crippen LogP contribution in [-0.4, -0.2) is 63.4 Å². The van der Waals surface area contributed by atoms with Gasteiger partial charge in [0.05, 0.1) is 25.4 Å². The van der Waals surface area contributed by atoms with Gasteiger partial charge in [-0.2, -0.15) is 13.2 Å². The van der Waals surface area contributed by atoms with Crippen LogP contribution in [0.25, 0.3) is 0 Å². The van der Waals surface area contributed by atoms with Gasteiger partial charge in [0.15, 0.2) is 0 Å². The number of ether oxygens (including phenoxy) is 2. The molecule has 0 radical (unpaired) electrons. The van der Waals surface area contributed by atoms with Gasteiger partial charge in [-0.25, -0.2) is 17.5 Å². The van der Waals surface area contributed by atoms with Crippen LogP contribution in [0.5, 0.6) is 0 Å². The van der Waals surface area contributed by atoms with Gasteiger partial charge in [-0.3, -0.25) is 4.79 Å². The largest absolute Gasteiger partial charge is 0.469 e. The van der Waals surface area contributed by atoms with E-state index in [9.17, 15) is 31.2 Å². The standard InChI is InChI=1S/C13H18F3NO6S/c1-5-17(6-2)24(20,21)10-8(12(19)23-4)7(11(18)22-3)9(10)13(14,15)16/h8,10H,5-6H2,1-4H3/t8-,10+/m1/s1. The summed E-state index contributed by atoms with van der Waals surface area (Å²) >= 11 is 0.